The van der Waals surface area contributed by atoms with Gasteiger partial charge in [0, 0.05) is 49.0 Å². The number of rotatable bonds is 4. The Balaban J connectivity index is 1.40. The Morgan fingerprint density at radius 3 is 2.77 bits per heavy atom. The lowest BCUT2D eigenvalue weighted by Crippen LogP contribution is -2.49. The van der Waals surface area contributed by atoms with Gasteiger partial charge in [-0.2, -0.15) is 5.10 Å². The van der Waals surface area contributed by atoms with E-state index in [9.17, 15) is 4.79 Å². The van der Waals surface area contributed by atoms with Crippen LogP contribution in [-0.4, -0.2) is 54.3 Å². The lowest BCUT2D eigenvalue weighted by Gasteiger charge is -2.30. The highest BCUT2D eigenvalue weighted by molar-refractivity contribution is 5.94. The molecule has 35 heavy (non-hydrogen) atoms. The van der Waals surface area contributed by atoms with Gasteiger partial charge in [0.15, 0.2) is 0 Å². The van der Waals surface area contributed by atoms with Gasteiger partial charge < -0.3 is 26.3 Å². The number of carbonyl (C=O) groups excluding carboxylic acids is 1. The highest BCUT2D eigenvalue weighted by Gasteiger charge is 2.22. The molecule has 1 aromatic carbocycles. The number of nitrogens with two attached hydrogens (primary N) is 1. The minimum atomic E-state index is -0.257. The molecule has 0 saturated carbocycles. The zero-order chi connectivity index (χ0) is 24.7. The highest BCUT2D eigenvalue weighted by atomic mass is 16.2. The van der Waals surface area contributed by atoms with Crippen LogP contribution in [0.2, 0.25) is 0 Å². The minimum Gasteiger partial charge on any atom is -0.340 e. The first-order valence-corrected chi connectivity index (χ1v) is 11.7. The third kappa shape index (κ3) is 4.57. The fourth-order valence-electron chi connectivity index (χ4n) is 4.49. The highest BCUT2D eigenvalue weighted by Crippen LogP contribution is 2.31. The predicted molar refractivity (Wildman–Crippen MR) is 138 cm³/mol. The summed E-state index contributed by atoms with van der Waals surface area (Å²) in [5.74, 6) is 0.714. The summed E-state index contributed by atoms with van der Waals surface area (Å²) < 4.78 is 1.84. The molecule has 1 aliphatic heterocycles. The molecule has 0 aliphatic carbocycles. The van der Waals surface area contributed by atoms with E-state index in [2.05, 4.69) is 42.8 Å². The van der Waals surface area contributed by atoms with Crippen LogP contribution < -0.4 is 16.4 Å². The summed E-state index contributed by atoms with van der Waals surface area (Å²) in [5, 5.41) is 12.7. The van der Waals surface area contributed by atoms with Crippen molar-refractivity contribution in [3.8, 4) is 0 Å². The van der Waals surface area contributed by atoms with Crippen molar-refractivity contribution in [2.24, 2.45) is 12.8 Å². The molecule has 0 radical (unpaired) electrons. The molecular formula is C25H31N9O. The van der Waals surface area contributed by atoms with Crippen LogP contribution in [0.5, 0.6) is 0 Å². The first-order chi connectivity index (χ1) is 16.7. The maximum atomic E-state index is 12.5. The molecule has 5 rings (SSSR count). The van der Waals surface area contributed by atoms with Crippen molar-refractivity contribution in [1.29, 1.82) is 0 Å². The molecule has 0 atom stereocenters. The molecule has 3 aromatic heterocycles. The van der Waals surface area contributed by atoms with Gasteiger partial charge in [-0.25, -0.2) is 14.8 Å². The lowest BCUT2D eigenvalue weighted by molar-refractivity contribution is 0.193. The van der Waals surface area contributed by atoms with Crippen molar-refractivity contribution in [3.63, 3.8) is 0 Å². The molecule has 0 spiro atoms. The van der Waals surface area contributed by atoms with E-state index in [1.54, 1.807) is 6.33 Å². The molecule has 1 aliphatic rings. The minimum absolute atomic E-state index is 0.0377. The fraction of sp³-hybridized carbons (Fsp3) is 0.360. The average Bonchev–Trinajstić information content (AvgIpc) is 3.42. The summed E-state index contributed by atoms with van der Waals surface area (Å²) in [4.78, 5) is 26.7. The Bertz CT molecular complexity index is 1440. The summed E-state index contributed by atoms with van der Waals surface area (Å²) in [6.07, 6.45) is 6.24. The third-order valence-electron chi connectivity index (χ3n) is 6.14. The zero-order valence-corrected chi connectivity index (χ0v) is 20.5. The number of nitrogens with one attached hydrogen (secondary N) is 3. The van der Waals surface area contributed by atoms with Crippen molar-refractivity contribution in [2.75, 3.05) is 18.4 Å². The number of aromatic amines is 1. The number of anilines is 2. The van der Waals surface area contributed by atoms with Gasteiger partial charge in [0.1, 0.15) is 17.8 Å². The molecule has 0 unspecified atom stereocenters. The third-order valence-corrected chi connectivity index (χ3v) is 6.14. The molecule has 182 valence electrons. The van der Waals surface area contributed by atoms with E-state index in [0.29, 0.717) is 25.5 Å². The second-order valence-corrected chi connectivity index (χ2v) is 9.94. The van der Waals surface area contributed by atoms with Crippen molar-refractivity contribution in [2.45, 2.75) is 39.3 Å². The quantitative estimate of drug-likeness (QED) is 0.358. The molecule has 0 saturated heterocycles. The number of aryl methyl sites for hydroxylation is 1. The molecule has 0 fully saturated rings. The lowest BCUT2D eigenvalue weighted by atomic mass is 10.0. The van der Waals surface area contributed by atoms with E-state index in [0.717, 1.165) is 50.9 Å². The first kappa shape index (κ1) is 22.9. The van der Waals surface area contributed by atoms with Gasteiger partial charge >= 0.3 is 6.03 Å². The second-order valence-electron chi connectivity index (χ2n) is 9.94. The van der Waals surface area contributed by atoms with Crippen LogP contribution >= 0.6 is 0 Å². The number of urea groups is 1. The summed E-state index contributed by atoms with van der Waals surface area (Å²) in [6, 6.07) is 6.11. The number of H-pyrrole nitrogens is 1. The number of amides is 2. The largest absolute Gasteiger partial charge is 0.340 e. The molecule has 4 aromatic rings. The summed E-state index contributed by atoms with van der Waals surface area (Å²) >= 11 is 0. The molecular weight excluding hydrogens is 442 g/mol. The van der Waals surface area contributed by atoms with Crippen molar-refractivity contribution in [1.82, 2.24) is 34.9 Å². The first-order valence-electron chi connectivity index (χ1n) is 11.7. The second kappa shape index (κ2) is 8.70. The number of benzene rings is 1. The topological polar surface area (TPSA) is 130 Å². The molecule has 5 N–H and O–H groups in total. The van der Waals surface area contributed by atoms with Gasteiger partial charge in [0.2, 0.25) is 0 Å². The Hall–Kier alpha value is -3.92. The van der Waals surface area contributed by atoms with E-state index in [1.807, 2.05) is 55.7 Å². The van der Waals surface area contributed by atoms with Crippen molar-refractivity contribution in [3.05, 3.63) is 48.1 Å². The van der Waals surface area contributed by atoms with E-state index in [4.69, 9.17) is 5.73 Å². The van der Waals surface area contributed by atoms with Crippen LogP contribution in [0, 0.1) is 0 Å². The van der Waals surface area contributed by atoms with Gasteiger partial charge in [-0.05, 0) is 56.5 Å². The van der Waals surface area contributed by atoms with E-state index < -0.39 is 0 Å². The number of fused-ring (bicyclic) bond motifs is 2. The Morgan fingerprint density at radius 1 is 1.23 bits per heavy atom. The summed E-state index contributed by atoms with van der Waals surface area (Å²) in [6.45, 7) is 7.60. The standard InChI is InChI=1S/C25H31N9O/c1-25(2,3)32-24(35)34-7-5-15(6-8-34)20-11-19-22(27-14-28-23(19)31-20)30-18-9-16(12-26)21-17(10-18)13-29-33(21)4/h5,9-11,13-14H,6-8,12,26H2,1-4H3,(H,32,35)(H2,27,28,30,31). The van der Waals surface area contributed by atoms with Crippen LogP contribution in [0.1, 0.15) is 38.4 Å². The van der Waals surface area contributed by atoms with Crippen LogP contribution in [0.15, 0.2) is 36.8 Å². The van der Waals surface area contributed by atoms with E-state index in [-0.39, 0.29) is 11.6 Å². The van der Waals surface area contributed by atoms with Crippen molar-refractivity contribution >= 4 is 45.0 Å². The number of hydrogen-bond donors (Lipinski definition) is 4. The smallest absolute Gasteiger partial charge is 0.318 e. The van der Waals surface area contributed by atoms with Gasteiger partial charge in [0.05, 0.1) is 17.1 Å². The predicted octanol–water partition coefficient (Wildman–Crippen LogP) is 3.64. The zero-order valence-electron chi connectivity index (χ0n) is 20.5. The summed E-state index contributed by atoms with van der Waals surface area (Å²) in [7, 11) is 1.92. The Labute approximate surface area is 203 Å². The fourth-order valence-corrected chi connectivity index (χ4v) is 4.49. The normalized spacial score (nSPS) is 14.4. The van der Waals surface area contributed by atoms with E-state index >= 15 is 0 Å². The Morgan fingerprint density at radius 2 is 2.06 bits per heavy atom. The van der Waals surface area contributed by atoms with Gasteiger partial charge in [-0.3, -0.25) is 4.68 Å². The van der Waals surface area contributed by atoms with Crippen molar-refractivity contribution < 1.29 is 4.79 Å². The maximum Gasteiger partial charge on any atom is 0.318 e. The molecule has 4 heterocycles. The van der Waals surface area contributed by atoms with Gasteiger partial charge in [-0.1, -0.05) is 6.08 Å². The summed E-state index contributed by atoms with van der Waals surface area (Å²) in [5.41, 5.74) is 11.6. The molecule has 10 heteroatoms. The SMILES string of the molecule is Cn1ncc2cc(Nc3ncnc4[nH]c(C5=CCN(C(=O)NC(C)(C)C)CC5)cc34)cc(CN)c21. The number of carbonyl (C=O) groups is 1. The van der Waals surface area contributed by atoms with Gasteiger partial charge in [-0.15, -0.1) is 0 Å². The van der Waals surface area contributed by atoms with Crippen LogP contribution in [0.25, 0.3) is 27.5 Å². The Kier molecular flexibility index (Phi) is 5.68. The molecule has 10 nitrogen and oxygen atoms in total. The molecule has 2 amide bonds. The van der Waals surface area contributed by atoms with Gasteiger partial charge in [0.25, 0.3) is 0 Å². The maximum absolute atomic E-state index is 12.5. The molecule has 0 bridgehead atoms. The average molecular weight is 474 g/mol. The number of nitrogens with zero attached hydrogens (tertiary/aromatic N) is 5. The number of aromatic nitrogens is 5. The van der Waals surface area contributed by atoms with Crippen LogP contribution in [0.4, 0.5) is 16.3 Å². The van der Waals surface area contributed by atoms with E-state index in [1.165, 1.54) is 0 Å². The monoisotopic (exact) mass is 473 g/mol. The number of hydrogen-bond acceptors (Lipinski definition) is 6. The van der Waals surface area contributed by atoms with Crippen LogP contribution in [0.3, 0.4) is 0 Å². The van der Waals surface area contributed by atoms with Crippen LogP contribution in [-0.2, 0) is 13.6 Å².